The maximum atomic E-state index is 11.6. The molecule has 1 saturated carbocycles. The molecule has 0 bridgehead atoms. The summed E-state index contributed by atoms with van der Waals surface area (Å²) in [6.07, 6.45) is 15.6. The van der Waals surface area contributed by atoms with E-state index in [1.165, 1.54) is 101 Å². The molecule has 200 valence electrons. The molecule has 2 unspecified atom stereocenters. The summed E-state index contributed by atoms with van der Waals surface area (Å²) >= 11 is 1.48. The standard InChI is InChI=1S/C29H48O5S/c1-3-4-5-6-7-8-9-10-13-20-34-28-24(23-15-11-12-16-23)17-14-18-25(28)29(26(31)22-30)35-21-19-27(32)33-2/h14,17-18,23,26,29-31H,3-13,15-16,19-22H2,1-2H3. The first-order valence-corrected chi connectivity index (χ1v) is 14.9. The van der Waals surface area contributed by atoms with Crippen LogP contribution in [-0.4, -0.2) is 48.4 Å². The molecule has 0 spiro atoms. The number of aliphatic hydroxyl groups is 2. The van der Waals surface area contributed by atoms with Gasteiger partial charge >= 0.3 is 5.97 Å². The number of thioether (sulfide) groups is 1. The Hall–Kier alpha value is -1.24. The quantitative estimate of drug-likeness (QED) is 0.156. The molecule has 1 aliphatic rings. The fourth-order valence-electron chi connectivity index (χ4n) is 4.98. The van der Waals surface area contributed by atoms with Crippen LogP contribution in [0.5, 0.6) is 5.75 Å². The average Bonchev–Trinajstić information content (AvgIpc) is 3.42. The first-order chi connectivity index (χ1) is 17.1. The Morgan fingerprint density at radius 3 is 2.34 bits per heavy atom. The second-order valence-electron chi connectivity index (χ2n) is 9.79. The summed E-state index contributed by atoms with van der Waals surface area (Å²) in [5.41, 5.74) is 2.17. The molecule has 2 rings (SSSR count). The van der Waals surface area contributed by atoms with Gasteiger partial charge in [0.1, 0.15) is 5.75 Å². The van der Waals surface area contributed by atoms with Crippen molar-refractivity contribution in [2.24, 2.45) is 0 Å². The highest BCUT2D eigenvalue weighted by atomic mass is 32.2. The van der Waals surface area contributed by atoms with Crippen molar-refractivity contribution in [2.45, 2.75) is 114 Å². The van der Waals surface area contributed by atoms with E-state index in [0.29, 0.717) is 18.3 Å². The molecule has 2 N–H and O–H groups in total. The van der Waals surface area contributed by atoms with Crippen molar-refractivity contribution < 1.29 is 24.5 Å². The number of benzene rings is 1. The van der Waals surface area contributed by atoms with E-state index in [2.05, 4.69) is 13.0 Å². The van der Waals surface area contributed by atoms with E-state index in [1.807, 2.05) is 12.1 Å². The molecular formula is C29H48O5S. The zero-order valence-corrected chi connectivity index (χ0v) is 22.8. The molecule has 2 atom stereocenters. The van der Waals surface area contributed by atoms with Crippen molar-refractivity contribution in [3.8, 4) is 5.75 Å². The fourth-order valence-corrected chi connectivity index (χ4v) is 6.20. The number of hydrogen-bond donors (Lipinski definition) is 2. The summed E-state index contributed by atoms with van der Waals surface area (Å²) in [6, 6.07) is 6.23. The molecule has 1 fully saturated rings. The molecule has 0 saturated heterocycles. The van der Waals surface area contributed by atoms with E-state index < -0.39 is 6.10 Å². The maximum Gasteiger partial charge on any atom is 0.306 e. The summed E-state index contributed by atoms with van der Waals surface area (Å²) in [5, 5.41) is 20.1. The normalized spacial score (nSPS) is 15.8. The predicted molar refractivity (Wildman–Crippen MR) is 145 cm³/mol. The van der Waals surface area contributed by atoms with E-state index in [1.54, 1.807) is 0 Å². The molecule has 6 heteroatoms. The molecule has 1 aliphatic carbocycles. The van der Waals surface area contributed by atoms with Crippen LogP contribution < -0.4 is 4.74 Å². The van der Waals surface area contributed by atoms with E-state index in [4.69, 9.17) is 9.47 Å². The largest absolute Gasteiger partial charge is 0.493 e. The molecule has 0 amide bonds. The van der Waals surface area contributed by atoms with Gasteiger partial charge in [-0.3, -0.25) is 4.79 Å². The minimum absolute atomic E-state index is 0.267. The van der Waals surface area contributed by atoms with Crippen molar-refractivity contribution in [2.75, 3.05) is 26.1 Å². The first-order valence-electron chi connectivity index (χ1n) is 13.8. The summed E-state index contributed by atoms with van der Waals surface area (Å²) in [4.78, 5) is 11.6. The Kier molecular flexibility index (Phi) is 15.5. The fraction of sp³-hybridized carbons (Fsp3) is 0.759. The van der Waals surface area contributed by atoms with Crippen molar-refractivity contribution in [3.05, 3.63) is 29.3 Å². The number of aliphatic hydroxyl groups excluding tert-OH is 2. The first kappa shape index (κ1) is 30.0. The smallest absolute Gasteiger partial charge is 0.306 e. The Labute approximate surface area is 217 Å². The SMILES string of the molecule is CCCCCCCCCCCOc1c(C2CCCC2)cccc1C(SCCC(=O)OC)C(O)CO. The number of esters is 1. The molecule has 5 nitrogen and oxygen atoms in total. The van der Waals surface area contributed by atoms with Crippen LogP contribution in [0.2, 0.25) is 0 Å². The molecular weight excluding hydrogens is 460 g/mol. The van der Waals surface area contributed by atoms with E-state index >= 15 is 0 Å². The van der Waals surface area contributed by atoms with Gasteiger partial charge in [0, 0.05) is 11.3 Å². The van der Waals surface area contributed by atoms with Gasteiger partial charge < -0.3 is 19.7 Å². The number of unbranched alkanes of at least 4 members (excludes halogenated alkanes) is 8. The summed E-state index contributed by atoms with van der Waals surface area (Å²) < 4.78 is 11.2. The maximum absolute atomic E-state index is 11.6. The van der Waals surface area contributed by atoms with Gasteiger partial charge in [-0.05, 0) is 30.7 Å². The van der Waals surface area contributed by atoms with Crippen LogP contribution in [0.4, 0.5) is 0 Å². The Balaban J connectivity index is 2.03. The number of ether oxygens (including phenoxy) is 2. The molecule has 35 heavy (non-hydrogen) atoms. The van der Waals surface area contributed by atoms with Crippen molar-refractivity contribution in [1.29, 1.82) is 0 Å². The third-order valence-corrected chi connectivity index (χ3v) is 8.41. The number of para-hydroxylation sites is 1. The Morgan fingerprint density at radius 2 is 1.71 bits per heavy atom. The monoisotopic (exact) mass is 508 g/mol. The lowest BCUT2D eigenvalue weighted by molar-refractivity contribution is -0.140. The lowest BCUT2D eigenvalue weighted by Gasteiger charge is -2.27. The summed E-state index contributed by atoms with van der Waals surface area (Å²) in [6.45, 7) is 2.59. The van der Waals surface area contributed by atoms with Gasteiger partial charge in [-0.25, -0.2) is 0 Å². The van der Waals surface area contributed by atoms with Crippen LogP contribution in [0.1, 0.15) is 119 Å². The molecule has 0 radical (unpaired) electrons. The van der Waals surface area contributed by atoms with Gasteiger partial charge in [-0.2, -0.15) is 11.8 Å². The highest BCUT2D eigenvalue weighted by Crippen LogP contribution is 2.45. The van der Waals surface area contributed by atoms with E-state index in [0.717, 1.165) is 17.7 Å². The molecule has 0 heterocycles. The van der Waals surface area contributed by atoms with Crippen LogP contribution in [-0.2, 0) is 9.53 Å². The van der Waals surface area contributed by atoms with Gasteiger partial charge in [-0.1, -0.05) is 89.3 Å². The van der Waals surface area contributed by atoms with Gasteiger partial charge in [0.15, 0.2) is 0 Å². The van der Waals surface area contributed by atoms with E-state index in [9.17, 15) is 15.0 Å². The second-order valence-corrected chi connectivity index (χ2v) is 11.0. The predicted octanol–water partition coefficient (Wildman–Crippen LogP) is 6.94. The Bertz CT molecular complexity index is 704. The van der Waals surface area contributed by atoms with Gasteiger partial charge in [0.2, 0.25) is 0 Å². The number of carbonyl (C=O) groups excluding carboxylic acids is 1. The topological polar surface area (TPSA) is 76.0 Å². The lowest BCUT2D eigenvalue weighted by Crippen LogP contribution is -2.22. The Morgan fingerprint density at radius 1 is 1.06 bits per heavy atom. The summed E-state index contributed by atoms with van der Waals surface area (Å²) in [7, 11) is 1.39. The van der Waals surface area contributed by atoms with Gasteiger partial charge in [0.05, 0.1) is 38.1 Å². The zero-order chi connectivity index (χ0) is 25.3. The molecule has 1 aromatic carbocycles. The van der Waals surface area contributed by atoms with Crippen LogP contribution in [0.15, 0.2) is 18.2 Å². The molecule has 1 aromatic rings. The van der Waals surface area contributed by atoms with Crippen LogP contribution >= 0.6 is 11.8 Å². The minimum Gasteiger partial charge on any atom is -0.493 e. The highest BCUT2D eigenvalue weighted by molar-refractivity contribution is 7.99. The number of hydrogen-bond acceptors (Lipinski definition) is 6. The zero-order valence-electron chi connectivity index (χ0n) is 22.0. The minimum atomic E-state index is -0.925. The average molecular weight is 509 g/mol. The second kappa shape index (κ2) is 18.1. The lowest BCUT2D eigenvalue weighted by atomic mass is 9.92. The highest BCUT2D eigenvalue weighted by Gasteiger charge is 2.29. The number of carbonyl (C=O) groups is 1. The van der Waals surface area contributed by atoms with Gasteiger partial charge in [0.25, 0.3) is 0 Å². The van der Waals surface area contributed by atoms with Gasteiger partial charge in [-0.15, -0.1) is 0 Å². The van der Waals surface area contributed by atoms with Crippen LogP contribution in [0.25, 0.3) is 0 Å². The van der Waals surface area contributed by atoms with Crippen molar-refractivity contribution in [3.63, 3.8) is 0 Å². The third-order valence-electron chi connectivity index (χ3n) is 7.04. The third kappa shape index (κ3) is 10.7. The molecule has 0 aromatic heterocycles. The summed E-state index contributed by atoms with van der Waals surface area (Å²) in [5.74, 6) is 1.62. The van der Waals surface area contributed by atoms with Crippen molar-refractivity contribution >= 4 is 17.7 Å². The van der Waals surface area contributed by atoms with Crippen molar-refractivity contribution in [1.82, 2.24) is 0 Å². The number of methoxy groups -OCH3 is 1. The van der Waals surface area contributed by atoms with E-state index in [-0.39, 0.29) is 24.2 Å². The number of rotatable bonds is 19. The molecule has 0 aliphatic heterocycles. The van der Waals surface area contributed by atoms with Crippen LogP contribution in [0, 0.1) is 0 Å². The van der Waals surface area contributed by atoms with Crippen LogP contribution in [0.3, 0.4) is 0 Å².